The summed E-state index contributed by atoms with van der Waals surface area (Å²) < 4.78 is 80.6. The fourth-order valence-corrected chi connectivity index (χ4v) is 3.75. The molecule has 0 N–H and O–H groups in total. The van der Waals surface area contributed by atoms with Gasteiger partial charge in [0.1, 0.15) is 5.75 Å². The SMILES string of the molecule is FC(F)(F)CCCCCCCCCc1ccc(-c2nccc(Oc3cccc(C(F)(F)F)c3)n2)cc1. The van der Waals surface area contributed by atoms with Gasteiger partial charge in [-0.1, -0.05) is 62.4 Å². The average molecular weight is 511 g/mol. The molecule has 9 heteroatoms. The zero-order valence-electron chi connectivity index (χ0n) is 19.7. The first kappa shape index (κ1) is 27.5. The third-order valence-corrected chi connectivity index (χ3v) is 5.65. The predicted molar refractivity (Wildman–Crippen MR) is 126 cm³/mol. The Kier molecular flexibility index (Phi) is 9.73. The van der Waals surface area contributed by atoms with Gasteiger partial charge in [-0.25, -0.2) is 4.98 Å². The molecule has 1 heterocycles. The number of rotatable bonds is 12. The van der Waals surface area contributed by atoms with Gasteiger partial charge in [-0.2, -0.15) is 31.3 Å². The van der Waals surface area contributed by atoms with Gasteiger partial charge in [0.15, 0.2) is 5.82 Å². The van der Waals surface area contributed by atoms with Crippen molar-refractivity contribution in [2.24, 2.45) is 0 Å². The lowest BCUT2D eigenvalue weighted by Crippen LogP contribution is -2.06. The molecule has 0 atom stereocenters. The molecule has 0 aliphatic carbocycles. The molecule has 0 amide bonds. The summed E-state index contributed by atoms with van der Waals surface area (Å²) in [6.07, 6.45) is -1.17. The van der Waals surface area contributed by atoms with Crippen LogP contribution in [0.3, 0.4) is 0 Å². The maximum Gasteiger partial charge on any atom is 0.416 e. The topological polar surface area (TPSA) is 35.0 Å². The minimum Gasteiger partial charge on any atom is -0.439 e. The Hall–Kier alpha value is -3.10. The molecule has 0 aliphatic rings. The van der Waals surface area contributed by atoms with Crippen LogP contribution in [-0.4, -0.2) is 16.1 Å². The number of benzene rings is 2. The lowest BCUT2D eigenvalue weighted by molar-refractivity contribution is -0.138. The van der Waals surface area contributed by atoms with Crippen molar-refractivity contribution in [2.75, 3.05) is 0 Å². The van der Waals surface area contributed by atoms with Crippen molar-refractivity contribution >= 4 is 0 Å². The smallest absolute Gasteiger partial charge is 0.416 e. The maximum atomic E-state index is 12.9. The number of aromatic nitrogens is 2. The highest BCUT2D eigenvalue weighted by atomic mass is 19.4. The first-order valence-electron chi connectivity index (χ1n) is 11.9. The van der Waals surface area contributed by atoms with E-state index in [2.05, 4.69) is 9.97 Å². The van der Waals surface area contributed by atoms with E-state index in [9.17, 15) is 26.3 Å². The lowest BCUT2D eigenvalue weighted by atomic mass is 10.0. The highest BCUT2D eigenvalue weighted by Gasteiger charge is 2.30. The lowest BCUT2D eigenvalue weighted by Gasteiger charge is -2.10. The Labute approximate surface area is 206 Å². The number of hydrogen-bond acceptors (Lipinski definition) is 3. The summed E-state index contributed by atoms with van der Waals surface area (Å²) >= 11 is 0. The summed E-state index contributed by atoms with van der Waals surface area (Å²) in [5, 5.41) is 0. The van der Waals surface area contributed by atoms with Gasteiger partial charge >= 0.3 is 12.4 Å². The Morgan fingerprint density at radius 3 is 2.06 bits per heavy atom. The molecule has 3 rings (SSSR count). The third kappa shape index (κ3) is 9.51. The minimum atomic E-state index is -4.46. The highest BCUT2D eigenvalue weighted by molar-refractivity contribution is 5.55. The number of aryl methyl sites for hydroxylation is 1. The van der Waals surface area contributed by atoms with Gasteiger partial charge < -0.3 is 4.74 Å². The molecule has 0 spiro atoms. The van der Waals surface area contributed by atoms with Crippen LogP contribution in [-0.2, 0) is 12.6 Å². The first-order valence-corrected chi connectivity index (χ1v) is 11.9. The third-order valence-electron chi connectivity index (χ3n) is 5.65. The van der Waals surface area contributed by atoms with Crippen molar-refractivity contribution < 1.29 is 31.1 Å². The van der Waals surface area contributed by atoms with Crippen molar-refractivity contribution in [3.63, 3.8) is 0 Å². The maximum absolute atomic E-state index is 12.9. The van der Waals surface area contributed by atoms with E-state index >= 15 is 0 Å². The molecule has 0 aliphatic heterocycles. The Morgan fingerprint density at radius 2 is 1.39 bits per heavy atom. The summed E-state index contributed by atoms with van der Waals surface area (Å²) in [6.45, 7) is 0. The standard InChI is InChI=1S/C27H28F6N2O/c28-26(29,30)17-7-5-3-1-2-4-6-9-20-12-14-21(15-13-20)25-34-18-16-24(35-25)36-23-11-8-10-22(19-23)27(31,32)33/h8,10-16,18-19H,1-7,9,17H2. The number of ether oxygens (including phenoxy) is 1. The van der Waals surface area contributed by atoms with E-state index in [4.69, 9.17) is 4.74 Å². The fraction of sp³-hybridized carbons (Fsp3) is 0.407. The Bertz CT molecular complexity index is 1080. The Morgan fingerprint density at radius 1 is 0.722 bits per heavy atom. The molecule has 194 valence electrons. The van der Waals surface area contributed by atoms with Crippen molar-refractivity contribution in [2.45, 2.75) is 70.1 Å². The molecule has 1 aromatic heterocycles. The second-order valence-electron chi connectivity index (χ2n) is 8.63. The van der Waals surface area contributed by atoms with Crippen LogP contribution in [0.25, 0.3) is 11.4 Å². The van der Waals surface area contributed by atoms with Crippen LogP contribution in [0, 0.1) is 0 Å². The van der Waals surface area contributed by atoms with Crippen LogP contribution in [0.15, 0.2) is 60.8 Å². The van der Waals surface area contributed by atoms with Crippen LogP contribution in [0.5, 0.6) is 11.6 Å². The van der Waals surface area contributed by atoms with E-state index in [-0.39, 0.29) is 18.1 Å². The van der Waals surface area contributed by atoms with Crippen LogP contribution in [0.1, 0.15) is 62.5 Å². The van der Waals surface area contributed by atoms with Crippen molar-refractivity contribution in [1.29, 1.82) is 0 Å². The van der Waals surface area contributed by atoms with Crippen molar-refractivity contribution in [3.05, 3.63) is 71.9 Å². The van der Waals surface area contributed by atoms with Crippen molar-refractivity contribution in [3.8, 4) is 23.0 Å². The van der Waals surface area contributed by atoms with E-state index in [0.717, 1.165) is 61.8 Å². The summed E-state index contributed by atoms with van der Waals surface area (Å²) in [7, 11) is 0. The number of unbranched alkanes of at least 4 members (excludes halogenated alkanes) is 6. The molecule has 36 heavy (non-hydrogen) atoms. The van der Waals surface area contributed by atoms with Gasteiger partial charge in [-0.05, 0) is 43.0 Å². The molecule has 0 radical (unpaired) electrons. The molecule has 3 nitrogen and oxygen atoms in total. The number of nitrogens with zero attached hydrogens (tertiary/aromatic N) is 2. The van der Waals surface area contributed by atoms with Gasteiger partial charge in [-0.15, -0.1) is 0 Å². The zero-order chi connectivity index (χ0) is 26.0. The normalized spacial score (nSPS) is 12.1. The average Bonchev–Trinajstić information content (AvgIpc) is 2.82. The second kappa shape index (κ2) is 12.7. The molecule has 0 bridgehead atoms. The molecule has 0 saturated heterocycles. The van der Waals surface area contributed by atoms with Gasteiger partial charge in [0.05, 0.1) is 5.56 Å². The highest BCUT2D eigenvalue weighted by Crippen LogP contribution is 2.32. The van der Waals surface area contributed by atoms with E-state index in [1.807, 2.05) is 24.3 Å². The summed E-state index contributed by atoms with van der Waals surface area (Å²) in [4.78, 5) is 8.55. The van der Waals surface area contributed by atoms with Crippen LogP contribution in [0.2, 0.25) is 0 Å². The number of alkyl halides is 6. The summed E-state index contributed by atoms with van der Waals surface area (Å²) in [5.74, 6) is 0.574. The van der Waals surface area contributed by atoms with Crippen molar-refractivity contribution in [1.82, 2.24) is 9.97 Å². The summed E-state index contributed by atoms with van der Waals surface area (Å²) in [5.41, 5.74) is 1.11. The molecular weight excluding hydrogens is 482 g/mol. The van der Waals surface area contributed by atoms with Gasteiger partial charge in [0.25, 0.3) is 0 Å². The number of halogens is 6. The zero-order valence-corrected chi connectivity index (χ0v) is 19.7. The van der Waals surface area contributed by atoms with Gasteiger partial charge in [0.2, 0.25) is 5.88 Å². The predicted octanol–water partition coefficient (Wildman–Crippen LogP) is 9.18. The second-order valence-corrected chi connectivity index (χ2v) is 8.63. The molecular formula is C27H28F6N2O. The van der Waals surface area contributed by atoms with Gasteiger partial charge in [0, 0.05) is 24.2 Å². The number of hydrogen-bond donors (Lipinski definition) is 0. The first-order chi connectivity index (χ1) is 17.1. The van der Waals surface area contributed by atoms with Crippen LogP contribution in [0.4, 0.5) is 26.3 Å². The van der Waals surface area contributed by atoms with E-state index < -0.39 is 24.3 Å². The van der Waals surface area contributed by atoms with E-state index in [1.54, 1.807) is 0 Å². The minimum absolute atomic E-state index is 0.0335. The van der Waals surface area contributed by atoms with E-state index in [1.165, 1.54) is 24.4 Å². The molecule has 0 fully saturated rings. The van der Waals surface area contributed by atoms with Crippen LogP contribution >= 0.6 is 0 Å². The molecule has 3 aromatic rings. The molecule has 0 saturated carbocycles. The largest absolute Gasteiger partial charge is 0.439 e. The van der Waals surface area contributed by atoms with Gasteiger partial charge in [-0.3, -0.25) is 0 Å². The quantitative estimate of drug-likeness (QED) is 0.180. The summed E-state index contributed by atoms with van der Waals surface area (Å²) in [6, 6.07) is 13.8. The molecule has 0 unspecified atom stereocenters. The fourth-order valence-electron chi connectivity index (χ4n) is 3.75. The van der Waals surface area contributed by atoms with E-state index in [0.29, 0.717) is 12.2 Å². The molecule has 2 aromatic carbocycles. The monoisotopic (exact) mass is 510 g/mol. The van der Waals surface area contributed by atoms with Crippen LogP contribution < -0.4 is 4.74 Å². The Balaban J connectivity index is 1.44.